The number of anilines is 1. The van der Waals surface area contributed by atoms with E-state index < -0.39 is 17.5 Å². The Morgan fingerprint density at radius 2 is 1.91 bits per heavy atom. The molecule has 0 aromatic heterocycles. The molecule has 0 fully saturated rings. The molecule has 0 saturated heterocycles. The van der Waals surface area contributed by atoms with Gasteiger partial charge in [0.2, 0.25) is 0 Å². The number of carbonyl (C=O) groups is 2. The first kappa shape index (κ1) is 17.9. The van der Waals surface area contributed by atoms with Gasteiger partial charge in [0.1, 0.15) is 17.7 Å². The zero-order chi connectivity index (χ0) is 16.9. The molecule has 122 valence electrons. The summed E-state index contributed by atoms with van der Waals surface area (Å²) in [5, 5.41) is 0. The lowest BCUT2D eigenvalue weighted by Gasteiger charge is -2.27. The average Bonchev–Trinajstić information content (AvgIpc) is 2.42. The van der Waals surface area contributed by atoms with Gasteiger partial charge in [0, 0.05) is 32.7 Å². The Morgan fingerprint density at radius 1 is 1.27 bits per heavy atom. The molecule has 6 heteroatoms. The molecule has 1 aromatic carbocycles. The van der Waals surface area contributed by atoms with Crippen LogP contribution in [0.4, 0.5) is 14.9 Å². The third-order valence-corrected chi connectivity index (χ3v) is 3.00. The fourth-order valence-electron chi connectivity index (χ4n) is 1.76. The normalized spacial score (nSPS) is 11.0. The highest BCUT2D eigenvalue weighted by Gasteiger charge is 2.19. The molecule has 0 radical (unpaired) electrons. The zero-order valence-corrected chi connectivity index (χ0v) is 13.7. The van der Waals surface area contributed by atoms with Gasteiger partial charge < -0.3 is 14.5 Å². The zero-order valence-electron chi connectivity index (χ0n) is 13.7. The molecule has 0 heterocycles. The third kappa shape index (κ3) is 5.35. The summed E-state index contributed by atoms with van der Waals surface area (Å²) in [5.41, 5.74) is 0.122. The monoisotopic (exact) mass is 310 g/mol. The SMILES string of the molecule is CN(CCN(C)c1ccc(C=O)cc1F)C(=O)OC(C)(C)C. The number of rotatable bonds is 5. The molecule has 0 aliphatic carbocycles. The fraction of sp³-hybridized carbons (Fsp3) is 0.500. The van der Waals surface area contributed by atoms with Crippen molar-refractivity contribution in [2.75, 3.05) is 32.1 Å². The molecule has 0 atom stereocenters. The Morgan fingerprint density at radius 3 is 2.41 bits per heavy atom. The molecule has 5 nitrogen and oxygen atoms in total. The predicted octanol–water partition coefficient (Wildman–Crippen LogP) is 2.94. The van der Waals surface area contributed by atoms with E-state index in [2.05, 4.69) is 0 Å². The van der Waals surface area contributed by atoms with Gasteiger partial charge in [-0.25, -0.2) is 9.18 Å². The maximum Gasteiger partial charge on any atom is 0.410 e. The number of hydrogen-bond donors (Lipinski definition) is 0. The van der Waals surface area contributed by atoms with Gasteiger partial charge in [-0.1, -0.05) is 0 Å². The second-order valence-corrected chi connectivity index (χ2v) is 6.15. The van der Waals surface area contributed by atoms with E-state index in [1.54, 1.807) is 51.9 Å². The van der Waals surface area contributed by atoms with Crippen molar-refractivity contribution in [1.29, 1.82) is 0 Å². The lowest BCUT2D eigenvalue weighted by Crippen LogP contribution is -2.38. The van der Waals surface area contributed by atoms with Crippen LogP contribution >= 0.6 is 0 Å². The summed E-state index contributed by atoms with van der Waals surface area (Å²) in [7, 11) is 3.36. The minimum absolute atomic E-state index is 0.292. The Kier molecular flexibility index (Phi) is 5.91. The highest BCUT2D eigenvalue weighted by atomic mass is 19.1. The molecule has 1 amide bonds. The number of hydrogen-bond acceptors (Lipinski definition) is 4. The van der Waals surface area contributed by atoms with E-state index in [0.717, 1.165) is 0 Å². The summed E-state index contributed by atoms with van der Waals surface area (Å²) in [6, 6.07) is 4.29. The largest absolute Gasteiger partial charge is 0.444 e. The van der Waals surface area contributed by atoms with Crippen molar-refractivity contribution in [2.24, 2.45) is 0 Å². The minimum atomic E-state index is -0.548. The molecule has 1 aromatic rings. The van der Waals surface area contributed by atoms with E-state index in [0.29, 0.717) is 30.6 Å². The highest BCUT2D eigenvalue weighted by molar-refractivity contribution is 5.76. The van der Waals surface area contributed by atoms with Gasteiger partial charge in [-0.2, -0.15) is 0 Å². The molecule has 0 aliphatic heterocycles. The molecule has 0 aliphatic rings. The number of likely N-dealkylation sites (N-methyl/N-ethyl adjacent to an activating group) is 2. The third-order valence-electron chi connectivity index (χ3n) is 3.00. The standard InChI is InChI=1S/C16H23FN2O3/c1-16(2,3)22-15(21)19(5)9-8-18(4)14-7-6-12(11-20)10-13(14)17/h6-7,10-11H,8-9H2,1-5H3. The van der Waals surface area contributed by atoms with Crippen LogP contribution in [0.3, 0.4) is 0 Å². The van der Waals surface area contributed by atoms with E-state index in [1.807, 2.05) is 0 Å². The maximum absolute atomic E-state index is 13.9. The van der Waals surface area contributed by atoms with Crippen LogP contribution in [-0.2, 0) is 4.74 Å². The summed E-state index contributed by atoms with van der Waals surface area (Å²) in [4.78, 5) is 25.6. The molecular weight excluding hydrogens is 287 g/mol. The number of halogens is 1. The molecular formula is C16H23FN2O3. The Hall–Kier alpha value is -2.11. The summed E-state index contributed by atoms with van der Waals surface area (Å²) in [6.45, 7) is 6.23. The first-order chi connectivity index (χ1) is 10.1. The molecule has 22 heavy (non-hydrogen) atoms. The van der Waals surface area contributed by atoms with Crippen molar-refractivity contribution in [3.63, 3.8) is 0 Å². The number of nitrogens with zero attached hydrogens (tertiary/aromatic N) is 2. The van der Waals surface area contributed by atoms with E-state index in [-0.39, 0.29) is 0 Å². The first-order valence-electron chi connectivity index (χ1n) is 7.04. The van der Waals surface area contributed by atoms with Crippen molar-refractivity contribution in [1.82, 2.24) is 4.90 Å². The second-order valence-electron chi connectivity index (χ2n) is 6.15. The van der Waals surface area contributed by atoms with Gasteiger partial charge in [0.05, 0.1) is 5.69 Å². The Balaban J connectivity index is 2.60. The quantitative estimate of drug-likeness (QED) is 0.785. The number of carbonyl (C=O) groups excluding carboxylic acids is 2. The molecule has 0 N–H and O–H groups in total. The van der Waals surface area contributed by atoms with E-state index in [9.17, 15) is 14.0 Å². The fourth-order valence-corrected chi connectivity index (χ4v) is 1.76. The van der Waals surface area contributed by atoms with Crippen LogP contribution in [0.1, 0.15) is 31.1 Å². The topological polar surface area (TPSA) is 49.9 Å². The van der Waals surface area contributed by atoms with Crippen LogP contribution in [0.2, 0.25) is 0 Å². The first-order valence-corrected chi connectivity index (χ1v) is 7.04. The molecule has 0 saturated carbocycles. The van der Waals surface area contributed by atoms with Gasteiger partial charge in [0.25, 0.3) is 0 Å². The van der Waals surface area contributed by atoms with E-state index in [1.165, 1.54) is 11.0 Å². The molecule has 0 bridgehead atoms. The van der Waals surface area contributed by atoms with Crippen molar-refractivity contribution in [2.45, 2.75) is 26.4 Å². The van der Waals surface area contributed by atoms with Gasteiger partial charge in [-0.15, -0.1) is 0 Å². The van der Waals surface area contributed by atoms with Gasteiger partial charge in [-0.05, 0) is 39.0 Å². The van der Waals surface area contributed by atoms with Crippen molar-refractivity contribution in [3.05, 3.63) is 29.6 Å². The maximum atomic E-state index is 13.9. The molecule has 0 spiro atoms. The lowest BCUT2D eigenvalue weighted by molar-refractivity contribution is 0.0303. The van der Waals surface area contributed by atoms with Crippen LogP contribution in [0.15, 0.2) is 18.2 Å². The van der Waals surface area contributed by atoms with Gasteiger partial charge in [0.15, 0.2) is 0 Å². The number of benzene rings is 1. The average molecular weight is 310 g/mol. The van der Waals surface area contributed by atoms with Crippen molar-refractivity contribution >= 4 is 18.1 Å². The number of amides is 1. The summed E-state index contributed by atoms with van der Waals surface area (Å²) in [6.07, 6.45) is 0.182. The van der Waals surface area contributed by atoms with Crippen molar-refractivity contribution in [3.8, 4) is 0 Å². The second kappa shape index (κ2) is 7.24. The number of aldehydes is 1. The molecule has 1 rings (SSSR count). The molecule has 0 unspecified atom stereocenters. The summed E-state index contributed by atoms with van der Waals surface area (Å²) < 4.78 is 19.1. The predicted molar refractivity (Wildman–Crippen MR) is 83.9 cm³/mol. The summed E-state index contributed by atoms with van der Waals surface area (Å²) >= 11 is 0. The van der Waals surface area contributed by atoms with Gasteiger partial charge >= 0.3 is 6.09 Å². The van der Waals surface area contributed by atoms with Crippen LogP contribution in [-0.4, -0.2) is 50.1 Å². The van der Waals surface area contributed by atoms with Crippen molar-refractivity contribution < 1.29 is 18.7 Å². The smallest absolute Gasteiger partial charge is 0.410 e. The van der Waals surface area contributed by atoms with Crippen LogP contribution < -0.4 is 4.90 Å². The summed E-state index contributed by atoms with van der Waals surface area (Å²) in [5.74, 6) is -0.466. The van der Waals surface area contributed by atoms with Gasteiger partial charge in [-0.3, -0.25) is 4.79 Å². The number of ether oxygens (including phenoxy) is 1. The van der Waals surface area contributed by atoms with E-state index >= 15 is 0 Å². The van der Waals surface area contributed by atoms with Crippen LogP contribution in [0.5, 0.6) is 0 Å². The lowest BCUT2D eigenvalue weighted by atomic mass is 10.2. The van der Waals surface area contributed by atoms with Crippen LogP contribution in [0.25, 0.3) is 0 Å². The van der Waals surface area contributed by atoms with E-state index in [4.69, 9.17) is 4.74 Å². The highest BCUT2D eigenvalue weighted by Crippen LogP contribution is 2.18. The Bertz CT molecular complexity index is 541. The Labute approximate surface area is 130 Å². The van der Waals surface area contributed by atoms with Crippen LogP contribution in [0, 0.1) is 5.82 Å². The minimum Gasteiger partial charge on any atom is -0.444 e.